The van der Waals surface area contributed by atoms with E-state index in [2.05, 4.69) is 36.2 Å². The summed E-state index contributed by atoms with van der Waals surface area (Å²) in [7, 11) is 0. The first kappa shape index (κ1) is 12.1. The molecular weight excluding hydrogens is 228 g/mol. The highest BCUT2D eigenvalue weighted by molar-refractivity contribution is 7.99. The quantitative estimate of drug-likeness (QED) is 0.840. The van der Waals surface area contributed by atoms with Gasteiger partial charge in [-0.2, -0.15) is 0 Å². The van der Waals surface area contributed by atoms with Crippen LogP contribution in [0.5, 0.6) is 0 Å². The molecule has 1 atom stereocenters. The topological polar surface area (TPSA) is 38.9 Å². The van der Waals surface area contributed by atoms with Crippen LogP contribution in [0.4, 0.5) is 0 Å². The van der Waals surface area contributed by atoms with E-state index in [1.165, 1.54) is 16.0 Å². The van der Waals surface area contributed by atoms with Crippen LogP contribution in [0.1, 0.15) is 16.4 Å². The van der Waals surface area contributed by atoms with E-state index in [4.69, 9.17) is 5.73 Å². The van der Waals surface area contributed by atoms with Gasteiger partial charge in [0.25, 0.3) is 0 Å². The first-order valence-corrected chi connectivity index (χ1v) is 6.51. The second-order valence-electron chi connectivity index (χ2n) is 3.89. The van der Waals surface area contributed by atoms with Gasteiger partial charge in [-0.05, 0) is 36.2 Å². The van der Waals surface area contributed by atoms with Crippen LogP contribution in [0.3, 0.4) is 0 Å². The maximum Gasteiger partial charge on any atom is 0.0468 e. The zero-order valence-corrected chi connectivity index (χ0v) is 10.7. The van der Waals surface area contributed by atoms with Gasteiger partial charge in [0.15, 0.2) is 0 Å². The summed E-state index contributed by atoms with van der Waals surface area (Å²) in [6, 6.07) is 12.5. The lowest BCUT2D eigenvalue weighted by molar-refractivity contribution is 0.936. The second-order valence-corrected chi connectivity index (χ2v) is 5.13. The molecule has 1 aromatic heterocycles. The monoisotopic (exact) mass is 244 g/mol. The first-order chi connectivity index (χ1) is 8.31. The lowest BCUT2D eigenvalue weighted by Gasteiger charge is -2.15. The molecule has 17 heavy (non-hydrogen) atoms. The van der Waals surface area contributed by atoms with Crippen molar-refractivity contribution in [3.8, 4) is 0 Å². The van der Waals surface area contributed by atoms with Crippen LogP contribution >= 0.6 is 11.8 Å². The van der Waals surface area contributed by atoms with E-state index < -0.39 is 0 Å². The van der Waals surface area contributed by atoms with E-state index in [9.17, 15) is 0 Å². The highest BCUT2D eigenvalue weighted by atomic mass is 32.2. The number of nitrogens with zero attached hydrogens (tertiary/aromatic N) is 1. The summed E-state index contributed by atoms with van der Waals surface area (Å²) in [5.41, 5.74) is 8.39. The summed E-state index contributed by atoms with van der Waals surface area (Å²) >= 11 is 1.82. The summed E-state index contributed by atoms with van der Waals surface area (Å²) in [6.45, 7) is 2.76. The summed E-state index contributed by atoms with van der Waals surface area (Å²) in [4.78, 5) is 5.33. The number of thioether (sulfide) groups is 1. The molecular formula is C14H16N2S. The molecule has 0 saturated heterocycles. The molecule has 0 fully saturated rings. The third-order valence-electron chi connectivity index (χ3n) is 2.65. The van der Waals surface area contributed by atoms with E-state index in [0.717, 1.165) is 0 Å². The molecule has 1 unspecified atom stereocenters. The lowest BCUT2D eigenvalue weighted by Crippen LogP contribution is -2.09. The van der Waals surface area contributed by atoms with E-state index >= 15 is 0 Å². The average Bonchev–Trinajstić information content (AvgIpc) is 2.39. The van der Waals surface area contributed by atoms with Crippen molar-refractivity contribution in [3.05, 3.63) is 59.9 Å². The number of aryl methyl sites for hydroxylation is 1. The van der Waals surface area contributed by atoms with Gasteiger partial charge in [0, 0.05) is 29.1 Å². The molecule has 88 valence electrons. The molecule has 0 aliphatic carbocycles. The van der Waals surface area contributed by atoms with Crippen LogP contribution in [0, 0.1) is 6.92 Å². The van der Waals surface area contributed by atoms with Crippen molar-refractivity contribution in [2.75, 3.05) is 6.54 Å². The Morgan fingerprint density at radius 2 is 1.88 bits per heavy atom. The molecule has 0 saturated carbocycles. The normalized spacial score (nSPS) is 12.4. The van der Waals surface area contributed by atoms with Gasteiger partial charge in [-0.3, -0.25) is 4.98 Å². The fourth-order valence-corrected chi connectivity index (χ4v) is 2.78. The third kappa shape index (κ3) is 3.08. The van der Waals surface area contributed by atoms with E-state index in [0.29, 0.717) is 11.8 Å². The van der Waals surface area contributed by atoms with Crippen LogP contribution in [0.15, 0.2) is 53.7 Å². The molecule has 0 aliphatic heterocycles. The summed E-state index contributed by atoms with van der Waals surface area (Å²) in [6.07, 6.45) is 3.63. The molecule has 2 rings (SSSR count). The molecule has 0 radical (unpaired) electrons. The Balaban J connectivity index is 2.19. The molecule has 0 aliphatic rings. The number of aromatic nitrogens is 1. The van der Waals surface area contributed by atoms with Crippen LogP contribution in [-0.4, -0.2) is 11.5 Å². The highest BCUT2D eigenvalue weighted by Crippen LogP contribution is 2.35. The maximum atomic E-state index is 5.86. The van der Waals surface area contributed by atoms with Gasteiger partial charge in [0.1, 0.15) is 0 Å². The molecule has 0 bridgehead atoms. The summed E-state index contributed by atoms with van der Waals surface area (Å²) in [5, 5.41) is 0.291. The number of rotatable bonds is 4. The molecule has 0 amide bonds. The molecule has 3 heteroatoms. The Labute approximate surface area is 106 Å². The summed E-state index contributed by atoms with van der Waals surface area (Å²) < 4.78 is 0. The zero-order chi connectivity index (χ0) is 12.1. The smallest absolute Gasteiger partial charge is 0.0468 e. The number of benzene rings is 1. The van der Waals surface area contributed by atoms with Gasteiger partial charge in [-0.25, -0.2) is 0 Å². The Hall–Kier alpha value is -1.32. The minimum Gasteiger partial charge on any atom is -0.329 e. The summed E-state index contributed by atoms with van der Waals surface area (Å²) in [5.74, 6) is 0. The van der Waals surface area contributed by atoms with Gasteiger partial charge in [-0.1, -0.05) is 18.2 Å². The molecule has 2 aromatic rings. The number of hydrogen-bond acceptors (Lipinski definition) is 3. The lowest BCUT2D eigenvalue weighted by atomic mass is 10.2. The number of nitrogens with two attached hydrogens (primary N) is 1. The van der Waals surface area contributed by atoms with Crippen molar-refractivity contribution in [1.29, 1.82) is 0 Å². The Morgan fingerprint density at radius 1 is 1.18 bits per heavy atom. The zero-order valence-electron chi connectivity index (χ0n) is 9.84. The fourth-order valence-electron chi connectivity index (χ4n) is 1.67. The largest absolute Gasteiger partial charge is 0.329 e. The molecule has 1 heterocycles. The van der Waals surface area contributed by atoms with Gasteiger partial charge < -0.3 is 5.73 Å². The van der Waals surface area contributed by atoms with E-state index in [1.807, 2.05) is 36.3 Å². The van der Waals surface area contributed by atoms with Crippen molar-refractivity contribution >= 4 is 11.8 Å². The third-order valence-corrected chi connectivity index (χ3v) is 4.12. The van der Waals surface area contributed by atoms with E-state index in [-0.39, 0.29) is 0 Å². The van der Waals surface area contributed by atoms with Crippen molar-refractivity contribution in [3.63, 3.8) is 0 Å². The Morgan fingerprint density at radius 3 is 2.53 bits per heavy atom. The maximum absolute atomic E-state index is 5.86. The standard InChI is InChI=1S/C14H16N2S/c1-11-4-2-3-5-13(11)17-14(10-15)12-6-8-16-9-7-12/h2-9,14H,10,15H2,1H3. The van der Waals surface area contributed by atoms with Gasteiger partial charge in [0.2, 0.25) is 0 Å². The van der Waals surface area contributed by atoms with Gasteiger partial charge in [0.05, 0.1) is 0 Å². The van der Waals surface area contributed by atoms with Crippen molar-refractivity contribution in [1.82, 2.24) is 4.98 Å². The van der Waals surface area contributed by atoms with Crippen molar-refractivity contribution in [2.24, 2.45) is 5.73 Å². The molecule has 0 spiro atoms. The van der Waals surface area contributed by atoms with Crippen LogP contribution < -0.4 is 5.73 Å². The van der Waals surface area contributed by atoms with Gasteiger partial charge >= 0.3 is 0 Å². The van der Waals surface area contributed by atoms with Crippen LogP contribution in [-0.2, 0) is 0 Å². The Bertz CT molecular complexity index is 471. The van der Waals surface area contributed by atoms with Crippen molar-refractivity contribution < 1.29 is 0 Å². The van der Waals surface area contributed by atoms with Crippen LogP contribution in [0.2, 0.25) is 0 Å². The number of hydrogen-bond donors (Lipinski definition) is 1. The predicted octanol–water partition coefficient (Wildman–Crippen LogP) is 3.18. The Kier molecular flexibility index (Phi) is 4.18. The SMILES string of the molecule is Cc1ccccc1SC(CN)c1ccncc1. The molecule has 2 nitrogen and oxygen atoms in total. The fraction of sp³-hybridized carbons (Fsp3) is 0.214. The minimum absolute atomic E-state index is 0.291. The minimum atomic E-state index is 0.291. The molecule has 2 N–H and O–H groups in total. The molecule has 1 aromatic carbocycles. The predicted molar refractivity (Wildman–Crippen MR) is 73.1 cm³/mol. The number of pyridine rings is 1. The van der Waals surface area contributed by atoms with Crippen molar-refractivity contribution in [2.45, 2.75) is 17.1 Å². The van der Waals surface area contributed by atoms with E-state index in [1.54, 1.807) is 0 Å². The average molecular weight is 244 g/mol. The van der Waals surface area contributed by atoms with Gasteiger partial charge in [-0.15, -0.1) is 11.8 Å². The first-order valence-electron chi connectivity index (χ1n) is 5.63. The second kappa shape index (κ2) is 5.84. The highest BCUT2D eigenvalue weighted by Gasteiger charge is 2.11. The van der Waals surface area contributed by atoms with Crippen LogP contribution in [0.25, 0.3) is 0 Å².